The van der Waals surface area contributed by atoms with Crippen LogP contribution in [0.4, 0.5) is 0 Å². The van der Waals surface area contributed by atoms with Crippen molar-refractivity contribution in [3.63, 3.8) is 0 Å². The van der Waals surface area contributed by atoms with Crippen LogP contribution in [0.5, 0.6) is 0 Å². The van der Waals surface area contributed by atoms with Gasteiger partial charge in [0, 0.05) is 19.4 Å². The molecule has 0 saturated carbocycles. The summed E-state index contributed by atoms with van der Waals surface area (Å²) in [6, 6.07) is 0. The summed E-state index contributed by atoms with van der Waals surface area (Å²) in [5.74, 6) is -0.904. The fourth-order valence-corrected chi connectivity index (χ4v) is 7.36. The SMILES string of the molecule is CC/C=C\C/C=C\C/C=C\C/C=C\C/C=C\C/C=C\C/C=C\C/C=C\CCCCCCC(=O)OC(COC(=O)CCCCCC/C=C\C/C=C\C/C=C\C/C=C\C/C=C\C/C=C\CC)COP(=O)(O)OCCN. The van der Waals surface area contributed by atoms with Gasteiger partial charge in [-0.1, -0.05) is 210 Å². The van der Waals surface area contributed by atoms with Crippen LogP contribution in [0.3, 0.4) is 0 Å². The van der Waals surface area contributed by atoms with E-state index in [1.54, 1.807) is 0 Å². The van der Waals surface area contributed by atoms with Crippen LogP contribution >= 0.6 is 7.82 Å². The number of ether oxygens (including phenoxy) is 2. The second-order valence-corrected chi connectivity index (χ2v) is 18.8. The van der Waals surface area contributed by atoms with Crippen molar-refractivity contribution in [2.24, 2.45) is 5.73 Å². The number of phosphoric acid groups is 1. The van der Waals surface area contributed by atoms with Crippen LogP contribution in [-0.2, 0) is 32.7 Å². The molecule has 0 aliphatic rings. The minimum absolute atomic E-state index is 0.0341. The van der Waals surface area contributed by atoms with Crippen LogP contribution in [0.1, 0.15) is 181 Å². The van der Waals surface area contributed by atoms with Gasteiger partial charge in [0.25, 0.3) is 0 Å². The molecule has 408 valence electrons. The van der Waals surface area contributed by atoms with E-state index in [2.05, 4.69) is 184 Å². The molecule has 0 heterocycles. The lowest BCUT2D eigenvalue weighted by molar-refractivity contribution is -0.161. The van der Waals surface area contributed by atoms with Crippen LogP contribution in [0.15, 0.2) is 170 Å². The van der Waals surface area contributed by atoms with Crippen LogP contribution in [0.25, 0.3) is 0 Å². The lowest BCUT2D eigenvalue weighted by atomic mass is 10.1. The molecule has 0 fully saturated rings. The largest absolute Gasteiger partial charge is 0.472 e. The van der Waals surface area contributed by atoms with E-state index in [4.69, 9.17) is 24.3 Å². The van der Waals surface area contributed by atoms with Gasteiger partial charge in [-0.3, -0.25) is 18.6 Å². The van der Waals surface area contributed by atoms with Gasteiger partial charge >= 0.3 is 19.8 Å². The molecule has 0 bridgehead atoms. The molecule has 0 aromatic rings. The molecule has 0 rings (SSSR count). The smallest absolute Gasteiger partial charge is 0.462 e. The standard InChI is InChI=1S/C63H98NO8P/c1-3-5-7-9-11-13-15-17-19-21-23-25-27-28-29-30-31-32-34-36-38-40-42-44-46-48-50-52-54-56-63(66)72-61(60-71-73(67,68)70-58-57-64)59-69-62(65)55-53-51-49-47-45-43-41-39-37-35-33-26-24-22-20-18-16-14-12-10-8-6-4-2/h5-8,11-14,17-20,23-26,28-29,31-32,35-38,41-44,61H,3-4,9-10,15-16,21-22,27,30,33-34,39-40,45-60,64H2,1-2H3,(H,67,68)/b7-5-,8-6-,13-11-,14-12-,19-17-,20-18-,25-23-,26-24-,29-28-,32-31-,37-35-,38-36-,43-41-,44-42-. The molecule has 2 unspecified atom stereocenters. The van der Waals surface area contributed by atoms with E-state index < -0.39 is 32.5 Å². The zero-order chi connectivity index (χ0) is 53.1. The number of carbonyl (C=O) groups excluding carboxylic acids is 2. The second-order valence-electron chi connectivity index (χ2n) is 17.3. The van der Waals surface area contributed by atoms with Crippen molar-refractivity contribution in [1.82, 2.24) is 0 Å². The molecule has 0 aromatic carbocycles. The van der Waals surface area contributed by atoms with Crippen molar-refractivity contribution in [3.8, 4) is 0 Å². The third-order valence-corrected chi connectivity index (χ3v) is 11.6. The van der Waals surface area contributed by atoms with E-state index in [1.807, 2.05) is 0 Å². The molecule has 0 aromatic heterocycles. The number of unbranched alkanes of at least 4 members (excludes halogenated alkanes) is 8. The van der Waals surface area contributed by atoms with E-state index in [9.17, 15) is 19.0 Å². The predicted molar refractivity (Wildman–Crippen MR) is 311 cm³/mol. The van der Waals surface area contributed by atoms with Gasteiger partial charge < -0.3 is 20.1 Å². The molecule has 2 atom stereocenters. The zero-order valence-corrected chi connectivity index (χ0v) is 46.2. The Morgan fingerprint density at radius 3 is 1.04 bits per heavy atom. The number of rotatable bonds is 49. The Morgan fingerprint density at radius 1 is 0.411 bits per heavy atom. The summed E-state index contributed by atoms with van der Waals surface area (Å²) >= 11 is 0. The van der Waals surface area contributed by atoms with E-state index >= 15 is 0 Å². The Balaban J connectivity index is 4.20. The van der Waals surface area contributed by atoms with E-state index in [1.165, 1.54) is 0 Å². The first-order chi connectivity index (χ1) is 35.8. The highest BCUT2D eigenvalue weighted by molar-refractivity contribution is 7.47. The zero-order valence-electron chi connectivity index (χ0n) is 45.3. The third-order valence-electron chi connectivity index (χ3n) is 10.6. The molecule has 0 radical (unpaired) electrons. The molecule has 10 heteroatoms. The summed E-state index contributed by atoms with van der Waals surface area (Å²) in [6.45, 7) is 3.42. The fraction of sp³-hybridized carbons (Fsp3) is 0.524. The number of carbonyl (C=O) groups is 2. The summed E-state index contributed by atoms with van der Waals surface area (Å²) in [4.78, 5) is 35.1. The van der Waals surface area contributed by atoms with Crippen LogP contribution in [0.2, 0.25) is 0 Å². The van der Waals surface area contributed by atoms with E-state index in [-0.39, 0.29) is 32.6 Å². The summed E-state index contributed by atoms with van der Waals surface area (Å²) in [5, 5.41) is 0. The quantitative estimate of drug-likeness (QED) is 0.0264. The summed E-state index contributed by atoms with van der Waals surface area (Å²) < 4.78 is 32.9. The van der Waals surface area contributed by atoms with Gasteiger partial charge in [-0.2, -0.15) is 0 Å². The first-order valence-electron chi connectivity index (χ1n) is 27.6. The average molecular weight is 1030 g/mol. The van der Waals surface area contributed by atoms with Crippen molar-refractivity contribution in [1.29, 1.82) is 0 Å². The molecule has 9 nitrogen and oxygen atoms in total. The number of hydrogen-bond donors (Lipinski definition) is 2. The lowest BCUT2D eigenvalue weighted by Crippen LogP contribution is -2.29. The summed E-state index contributed by atoms with van der Waals surface area (Å²) in [6.07, 6.45) is 83.9. The minimum Gasteiger partial charge on any atom is -0.462 e. The monoisotopic (exact) mass is 1030 g/mol. The number of hydrogen-bond acceptors (Lipinski definition) is 8. The second kappa shape index (κ2) is 56.7. The predicted octanol–water partition coefficient (Wildman–Crippen LogP) is 17.5. The van der Waals surface area contributed by atoms with Gasteiger partial charge in [-0.15, -0.1) is 0 Å². The molecule has 73 heavy (non-hydrogen) atoms. The number of phosphoric ester groups is 1. The molecule has 0 saturated heterocycles. The maximum Gasteiger partial charge on any atom is 0.472 e. The molecule has 0 spiro atoms. The number of nitrogens with two attached hydrogens (primary N) is 1. The normalized spacial score (nSPS) is 14.4. The Kier molecular flexibility index (Phi) is 53.1. The van der Waals surface area contributed by atoms with E-state index in [0.717, 1.165) is 141 Å². The van der Waals surface area contributed by atoms with Gasteiger partial charge in [0.1, 0.15) is 6.61 Å². The molecule has 0 amide bonds. The Hall–Kier alpha value is -4.63. The van der Waals surface area contributed by atoms with Crippen molar-refractivity contribution < 1.29 is 37.6 Å². The lowest BCUT2D eigenvalue weighted by Gasteiger charge is -2.19. The highest BCUT2D eigenvalue weighted by Crippen LogP contribution is 2.43. The first kappa shape index (κ1) is 68.4. The van der Waals surface area contributed by atoms with Crippen molar-refractivity contribution in [3.05, 3.63) is 170 Å². The average Bonchev–Trinajstić information content (AvgIpc) is 3.38. The highest BCUT2D eigenvalue weighted by atomic mass is 31.2. The topological polar surface area (TPSA) is 134 Å². The van der Waals surface area contributed by atoms with Crippen molar-refractivity contribution in [2.45, 2.75) is 187 Å². The van der Waals surface area contributed by atoms with Crippen LogP contribution in [0, 0.1) is 0 Å². The first-order valence-corrected chi connectivity index (χ1v) is 29.1. The maximum atomic E-state index is 12.7. The summed E-state index contributed by atoms with van der Waals surface area (Å²) in [7, 11) is -4.42. The van der Waals surface area contributed by atoms with Crippen molar-refractivity contribution >= 4 is 19.8 Å². The molecular weight excluding hydrogens is 930 g/mol. The van der Waals surface area contributed by atoms with E-state index in [0.29, 0.717) is 12.8 Å². The van der Waals surface area contributed by atoms with Gasteiger partial charge in [0.2, 0.25) is 0 Å². The highest BCUT2D eigenvalue weighted by Gasteiger charge is 2.26. The summed E-state index contributed by atoms with van der Waals surface area (Å²) in [5.41, 5.74) is 5.37. The van der Waals surface area contributed by atoms with Crippen molar-refractivity contribution in [2.75, 3.05) is 26.4 Å². The molecular formula is C63H98NO8P. The molecule has 0 aliphatic carbocycles. The molecule has 0 aliphatic heterocycles. The van der Waals surface area contributed by atoms with Gasteiger partial charge in [-0.25, -0.2) is 4.57 Å². The minimum atomic E-state index is -4.42. The van der Waals surface area contributed by atoms with Gasteiger partial charge in [0.05, 0.1) is 13.2 Å². The van der Waals surface area contributed by atoms with Gasteiger partial charge in [-0.05, 0) is 128 Å². The third kappa shape index (κ3) is 56.5. The Bertz CT molecular complexity index is 1790. The fourth-order valence-electron chi connectivity index (χ4n) is 6.59. The van der Waals surface area contributed by atoms with Crippen LogP contribution < -0.4 is 5.73 Å². The molecule has 3 N–H and O–H groups in total. The van der Waals surface area contributed by atoms with Gasteiger partial charge in [0.15, 0.2) is 6.10 Å². The Labute approximate surface area is 444 Å². The number of esters is 2. The number of allylic oxidation sites excluding steroid dienone is 28. The maximum absolute atomic E-state index is 12.7. The van der Waals surface area contributed by atoms with Crippen LogP contribution in [-0.4, -0.2) is 49.3 Å². The Morgan fingerprint density at radius 2 is 0.712 bits per heavy atom.